The number of carbonyl (C=O) groups excluding carboxylic acids is 2. The normalized spacial score (nSPS) is 12.4. The van der Waals surface area contributed by atoms with Crippen molar-refractivity contribution in [2.45, 2.75) is 32.4 Å². The summed E-state index contributed by atoms with van der Waals surface area (Å²) < 4.78 is 0. The first-order valence-electron chi connectivity index (χ1n) is 5.86. The van der Waals surface area contributed by atoms with Crippen LogP contribution < -0.4 is 16.0 Å². The number of amides is 2. The highest BCUT2D eigenvalue weighted by Crippen LogP contribution is 1.98. The van der Waals surface area contributed by atoms with Crippen molar-refractivity contribution in [1.82, 2.24) is 16.0 Å². The number of carbonyl (C=O) groups is 2. The number of rotatable bonds is 7. The molecule has 0 aromatic rings. The van der Waals surface area contributed by atoms with E-state index in [2.05, 4.69) is 29.1 Å². The van der Waals surface area contributed by atoms with Crippen LogP contribution in [0.4, 0.5) is 0 Å². The van der Waals surface area contributed by atoms with Crippen molar-refractivity contribution >= 4 is 11.8 Å². The van der Waals surface area contributed by atoms with Crippen molar-refractivity contribution in [2.75, 3.05) is 13.1 Å². The molecule has 0 saturated heterocycles. The Morgan fingerprint density at radius 3 is 2.11 bits per heavy atom. The molecule has 0 aromatic carbocycles. The Morgan fingerprint density at radius 1 is 1.11 bits per heavy atom. The van der Waals surface area contributed by atoms with Gasteiger partial charge < -0.3 is 16.0 Å². The largest absolute Gasteiger partial charge is 0.350 e. The lowest BCUT2D eigenvalue weighted by molar-refractivity contribution is -0.119. The Bertz CT molecular complexity index is 319. The van der Waals surface area contributed by atoms with E-state index < -0.39 is 0 Å². The van der Waals surface area contributed by atoms with E-state index in [1.807, 2.05) is 20.8 Å². The van der Waals surface area contributed by atoms with E-state index in [-0.39, 0.29) is 23.4 Å². The van der Waals surface area contributed by atoms with Crippen molar-refractivity contribution < 1.29 is 9.59 Å². The minimum Gasteiger partial charge on any atom is -0.350 e. The van der Waals surface area contributed by atoms with Gasteiger partial charge >= 0.3 is 0 Å². The lowest BCUT2D eigenvalue weighted by Crippen LogP contribution is -2.51. The Hall–Kier alpha value is -1.62. The monoisotopic (exact) mass is 253 g/mol. The van der Waals surface area contributed by atoms with E-state index in [1.54, 1.807) is 0 Å². The lowest BCUT2D eigenvalue weighted by atomic mass is 10.1. The van der Waals surface area contributed by atoms with Crippen LogP contribution in [0.2, 0.25) is 0 Å². The van der Waals surface area contributed by atoms with Crippen LogP contribution in [0.15, 0.2) is 25.3 Å². The molecule has 0 bridgehead atoms. The van der Waals surface area contributed by atoms with Crippen molar-refractivity contribution in [1.29, 1.82) is 0 Å². The summed E-state index contributed by atoms with van der Waals surface area (Å²) in [5.41, 5.74) is -0.0560. The molecule has 3 N–H and O–H groups in total. The predicted octanol–water partition coefficient (Wildman–Crippen LogP) is 0.348. The summed E-state index contributed by atoms with van der Waals surface area (Å²) >= 11 is 0. The van der Waals surface area contributed by atoms with Crippen molar-refractivity contribution in [3.05, 3.63) is 25.3 Å². The summed E-state index contributed by atoms with van der Waals surface area (Å²) in [5, 5.41) is 8.67. The SMILES string of the molecule is C=CC(=O)NCC(CNC(C)(C)C)NC(=O)C=C. The van der Waals surface area contributed by atoms with Gasteiger partial charge in [-0.2, -0.15) is 0 Å². The number of hydrogen-bond acceptors (Lipinski definition) is 3. The minimum absolute atomic E-state index is 0.0560. The van der Waals surface area contributed by atoms with E-state index >= 15 is 0 Å². The maximum atomic E-state index is 11.3. The Balaban J connectivity index is 4.32. The number of nitrogens with one attached hydrogen (secondary N) is 3. The van der Waals surface area contributed by atoms with Gasteiger partial charge in [-0.1, -0.05) is 13.2 Å². The smallest absolute Gasteiger partial charge is 0.243 e. The molecule has 102 valence electrons. The third kappa shape index (κ3) is 8.52. The van der Waals surface area contributed by atoms with Gasteiger partial charge in [0, 0.05) is 18.6 Å². The number of hydrogen-bond donors (Lipinski definition) is 3. The fraction of sp³-hybridized carbons (Fsp3) is 0.538. The lowest BCUT2D eigenvalue weighted by Gasteiger charge is -2.25. The van der Waals surface area contributed by atoms with Crippen LogP contribution in [0.25, 0.3) is 0 Å². The van der Waals surface area contributed by atoms with E-state index in [0.29, 0.717) is 13.1 Å². The molecule has 5 heteroatoms. The predicted molar refractivity (Wildman–Crippen MR) is 73.1 cm³/mol. The van der Waals surface area contributed by atoms with Gasteiger partial charge in [-0.05, 0) is 32.9 Å². The quantitative estimate of drug-likeness (QED) is 0.573. The fourth-order valence-electron chi connectivity index (χ4n) is 1.16. The summed E-state index contributed by atoms with van der Waals surface area (Å²) in [5.74, 6) is -0.521. The fourth-order valence-corrected chi connectivity index (χ4v) is 1.16. The molecule has 0 spiro atoms. The molecular weight excluding hydrogens is 230 g/mol. The zero-order valence-electron chi connectivity index (χ0n) is 11.4. The first-order chi connectivity index (χ1) is 8.28. The van der Waals surface area contributed by atoms with Crippen LogP contribution >= 0.6 is 0 Å². The van der Waals surface area contributed by atoms with E-state index in [1.165, 1.54) is 12.2 Å². The summed E-state index contributed by atoms with van der Waals surface area (Å²) in [7, 11) is 0. The second-order valence-electron chi connectivity index (χ2n) is 4.99. The van der Waals surface area contributed by atoms with E-state index in [0.717, 1.165) is 0 Å². The topological polar surface area (TPSA) is 70.2 Å². The molecule has 2 amide bonds. The van der Waals surface area contributed by atoms with Gasteiger partial charge in [-0.25, -0.2) is 0 Å². The van der Waals surface area contributed by atoms with Gasteiger partial charge in [0.2, 0.25) is 11.8 Å². The molecule has 0 aliphatic heterocycles. The van der Waals surface area contributed by atoms with Gasteiger partial charge in [0.05, 0.1) is 6.04 Å². The molecule has 0 radical (unpaired) electrons. The first-order valence-corrected chi connectivity index (χ1v) is 5.86. The third-order valence-electron chi connectivity index (χ3n) is 2.12. The molecule has 1 unspecified atom stereocenters. The van der Waals surface area contributed by atoms with Crippen LogP contribution in [0, 0.1) is 0 Å². The summed E-state index contributed by atoms with van der Waals surface area (Å²) in [6, 6.07) is -0.196. The highest BCUT2D eigenvalue weighted by Gasteiger charge is 2.15. The zero-order chi connectivity index (χ0) is 14.2. The molecule has 0 saturated carbocycles. The Morgan fingerprint density at radius 2 is 1.67 bits per heavy atom. The molecule has 1 atom stereocenters. The maximum Gasteiger partial charge on any atom is 0.243 e. The summed E-state index contributed by atoms with van der Waals surface area (Å²) in [6.07, 6.45) is 2.41. The van der Waals surface area contributed by atoms with Gasteiger partial charge in [0.25, 0.3) is 0 Å². The molecule has 0 rings (SSSR count). The minimum atomic E-state index is -0.261. The van der Waals surface area contributed by atoms with E-state index in [9.17, 15) is 9.59 Å². The van der Waals surface area contributed by atoms with Crippen LogP contribution in [0.5, 0.6) is 0 Å². The Labute approximate surface area is 109 Å². The maximum absolute atomic E-state index is 11.3. The summed E-state index contributed by atoms with van der Waals surface area (Å²) in [6.45, 7) is 13.8. The third-order valence-corrected chi connectivity index (χ3v) is 2.12. The van der Waals surface area contributed by atoms with Crippen molar-refractivity contribution in [3.63, 3.8) is 0 Å². The molecule has 0 fully saturated rings. The molecule has 18 heavy (non-hydrogen) atoms. The van der Waals surface area contributed by atoms with Crippen molar-refractivity contribution in [3.8, 4) is 0 Å². The molecule has 0 aromatic heterocycles. The second-order valence-corrected chi connectivity index (χ2v) is 4.99. The van der Waals surface area contributed by atoms with Crippen LogP contribution in [0.3, 0.4) is 0 Å². The van der Waals surface area contributed by atoms with Gasteiger partial charge in [-0.15, -0.1) is 0 Å². The van der Waals surface area contributed by atoms with Crippen LogP contribution in [0.1, 0.15) is 20.8 Å². The van der Waals surface area contributed by atoms with Crippen LogP contribution in [-0.2, 0) is 9.59 Å². The average Bonchev–Trinajstić information content (AvgIpc) is 2.30. The molecular formula is C13H23N3O2. The van der Waals surface area contributed by atoms with Crippen molar-refractivity contribution in [2.24, 2.45) is 0 Å². The Kier molecular flexibility index (Phi) is 6.97. The first kappa shape index (κ1) is 16.4. The highest BCUT2D eigenvalue weighted by atomic mass is 16.2. The average molecular weight is 253 g/mol. The molecule has 0 aliphatic carbocycles. The van der Waals surface area contributed by atoms with E-state index in [4.69, 9.17) is 0 Å². The molecule has 5 nitrogen and oxygen atoms in total. The van der Waals surface area contributed by atoms with Crippen LogP contribution in [-0.4, -0.2) is 36.5 Å². The zero-order valence-corrected chi connectivity index (χ0v) is 11.4. The van der Waals surface area contributed by atoms with Gasteiger partial charge in [0.1, 0.15) is 0 Å². The second kappa shape index (κ2) is 7.66. The van der Waals surface area contributed by atoms with Gasteiger partial charge in [-0.3, -0.25) is 9.59 Å². The summed E-state index contributed by atoms with van der Waals surface area (Å²) in [4.78, 5) is 22.4. The van der Waals surface area contributed by atoms with Gasteiger partial charge in [0.15, 0.2) is 0 Å². The standard InChI is InChI=1S/C13H23N3O2/c1-6-11(17)14-8-10(16-12(18)7-2)9-15-13(3,4)5/h6-7,10,15H,1-2,8-9H2,3-5H3,(H,14,17)(H,16,18). The molecule has 0 aliphatic rings. The highest BCUT2D eigenvalue weighted by molar-refractivity contribution is 5.88. The molecule has 0 heterocycles.